The molecule has 0 spiro atoms. The van der Waals surface area contributed by atoms with Crippen LogP contribution in [0.2, 0.25) is 0 Å². The van der Waals surface area contributed by atoms with Gasteiger partial charge in [0.1, 0.15) is 0 Å². The van der Waals surface area contributed by atoms with Crippen LogP contribution in [0.25, 0.3) is 5.69 Å². The van der Waals surface area contributed by atoms with E-state index in [2.05, 4.69) is 6.07 Å². The minimum Gasteiger partial charge on any atom is -0.375 e. The normalized spacial score (nSPS) is 9.31. The Balaban J connectivity index is 0.000000845. The zero-order chi connectivity index (χ0) is 8.39. The summed E-state index contributed by atoms with van der Waals surface area (Å²) >= 11 is 0. The van der Waals surface area contributed by atoms with E-state index in [4.69, 9.17) is 0 Å². The Hall–Kier alpha value is -0.973. The summed E-state index contributed by atoms with van der Waals surface area (Å²) in [6.45, 7) is 0. The molecule has 0 fully saturated rings. The zero-order valence-corrected chi connectivity index (χ0v) is 7.37. The van der Waals surface area contributed by atoms with Gasteiger partial charge in [-0.3, -0.25) is 0 Å². The van der Waals surface area contributed by atoms with E-state index in [0.717, 1.165) is 0 Å². The van der Waals surface area contributed by atoms with Gasteiger partial charge in [-0.25, -0.2) is 4.39 Å². The summed E-state index contributed by atoms with van der Waals surface area (Å²) < 4.78 is 14.8. The van der Waals surface area contributed by atoms with Crippen LogP contribution < -0.4 is 18.9 Å². The third-order valence-corrected chi connectivity index (χ3v) is 1.67. The van der Waals surface area contributed by atoms with Crippen molar-refractivity contribution in [3.05, 3.63) is 54.6 Å². The Labute approximate surface area is 88.4 Å². The Morgan fingerprint density at radius 3 is 2.46 bits per heavy atom. The molecule has 13 heavy (non-hydrogen) atoms. The number of benzene rings is 1. The first-order valence-corrected chi connectivity index (χ1v) is 3.67. The van der Waals surface area contributed by atoms with Crippen LogP contribution in [-0.4, -0.2) is 4.57 Å². The van der Waals surface area contributed by atoms with Gasteiger partial charge in [0.05, 0.1) is 0 Å². The van der Waals surface area contributed by atoms with E-state index in [0.29, 0.717) is 5.69 Å². The fraction of sp³-hybridized carbons (Fsp3) is 0. The van der Waals surface area contributed by atoms with Gasteiger partial charge in [-0.2, -0.15) is 12.1 Å². The van der Waals surface area contributed by atoms with Crippen molar-refractivity contribution in [1.82, 2.24) is 4.57 Å². The van der Waals surface area contributed by atoms with Crippen LogP contribution in [0.4, 0.5) is 4.39 Å². The van der Waals surface area contributed by atoms with Crippen LogP contribution in [0, 0.1) is 11.9 Å². The fourth-order valence-electron chi connectivity index (χ4n) is 1.10. The molecule has 1 aromatic heterocycles. The zero-order valence-electron chi connectivity index (χ0n) is 7.37. The molecule has 0 bridgehead atoms. The summed E-state index contributed by atoms with van der Waals surface area (Å²) in [4.78, 5) is 0. The first kappa shape index (κ1) is 10.1. The van der Waals surface area contributed by atoms with Crippen molar-refractivity contribution in [3.8, 4) is 5.69 Å². The minimum absolute atomic E-state index is 0. The average molecular weight is 167 g/mol. The number of hydrogen-bond donors (Lipinski definition) is 0. The van der Waals surface area contributed by atoms with Crippen molar-refractivity contribution in [2.24, 2.45) is 0 Å². The topological polar surface area (TPSA) is 4.93 Å². The van der Waals surface area contributed by atoms with Gasteiger partial charge in [-0.05, 0) is 30.2 Å². The van der Waals surface area contributed by atoms with Crippen molar-refractivity contribution in [1.29, 1.82) is 0 Å². The van der Waals surface area contributed by atoms with E-state index in [1.54, 1.807) is 35.2 Å². The van der Waals surface area contributed by atoms with Gasteiger partial charge in [0.15, 0.2) is 0 Å². The van der Waals surface area contributed by atoms with Gasteiger partial charge in [0.2, 0.25) is 0 Å². The summed E-state index contributed by atoms with van der Waals surface area (Å²) in [7, 11) is 0. The Bertz CT molecular complexity index is 370. The maximum Gasteiger partial charge on any atom is 1.00 e. The first-order chi connectivity index (χ1) is 5.88. The Morgan fingerprint density at radius 2 is 1.85 bits per heavy atom. The Morgan fingerprint density at radius 1 is 1.15 bits per heavy atom. The van der Waals surface area contributed by atoms with Crippen molar-refractivity contribution in [3.63, 3.8) is 0 Å². The summed E-state index contributed by atoms with van der Waals surface area (Å²) in [5, 5.41) is 0. The maximum atomic E-state index is 13.1. The van der Waals surface area contributed by atoms with Crippen LogP contribution >= 0.6 is 0 Å². The summed E-state index contributed by atoms with van der Waals surface area (Å²) in [5.41, 5.74) is 0.530. The molecule has 0 unspecified atom stereocenters. The number of halogens is 1. The van der Waals surface area contributed by atoms with Crippen LogP contribution in [-0.2, 0) is 0 Å². The van der Waals surface area contributed by atoms with Crippen molar-refractivity contribution < 1.29 is 23.3 Å². The second-order valence-corrected chi connectivity index (χ2v) is 2.46. The smallest absolute Gasteiger partial charge is 0.375 e. The SMILES string of the molecule is Fc1[c-]cccc1-n1cccc1.[Li+]. The predicted molar refractivity (Wildman–Crippen MR) is 44.6 cm³/mol. The molecule has 60 valence electrons. The average Bonchev–Trinajstić information content (AvgIpc) is 2.57. The van der Waals surface area contributed by atoms with Gasteiger partial charge >= 0.3 is 18.9 Å². The van der Waals surface area contributed by atoms with Crippen LogP contribution in [0.5, 0.6) is 0 Å². The van der Waals surface area contributed by atoms with Crippen molar-refractivity contribution in [2.45, 2.75) is 0 Å². The molecule has 0 saturated heterocycles. The quantitative estimate of drug-likeness (QED) is 0.395. The molecule has 1 heterocycles. The van der Waals surface area contributed by atoms with Gasteiger partial charge in [0, 0.05) is 5.82 Å². The third kappa shape index (κ3) is 2.03. The third-order valence-electron chi connectivity index (χ3n) is 1.67. The van der Waals surface area contributed by atoms with E-state index >= 15 is 0 Å². The molecule has 0 aliphatic heterocycles. The molecule has 2 rings (SSSR count). The van der Waals surface area contributed by atoms with E-state index in [9.17, 15) is 4.39 Å². The Kier molecular flexibility index (Phi) is 3.36. The summed E-state index contributed by atoms with van der Waals surface area (Å²) in [6, 6.07) is 11.2. The molecular weight excluding hydrogens is 160 g/mol. The van der Waals surface area contributed by atoms with Gasteiger partial charge in [0.25, 0.3) is 0 Å². The molecule has 0 radical (unpaired) electrons. The van der Waals surface area contributed by atoms with Crippen molar-refractivity contribution in [2.75, 3.05) is 0 Å². The largest absolute Gasteiger partial charge is 1.00 e. The number of nitrogens with zero attached hydrogens (tertiary/aromatic N) is 1. The van der Waals surface area contributed by atoms with Gasteiger partial charge in [-0.15, -0.1) is 12.1 Å². The molecule has 3 heteroatoms. The summed E-state index contributed by atoms with van der Waals surface area (Å²) in [5.74, 6) is -0.325. The van der Waals surface area contributed by atoms with Gasteiger partial charge < -0.3 is 4.57 Å². The van der Waals surface area contributed by atoms with Gasteiger partial charge in [-0.1, -0.05) is 0 Å². The molecule has 0 aliphatic carbocycles. The van der Waals surface area contributed by atoms with E-state index < -0.39 is 0 Å². The summed E-state index contributed by atoms with van der Waals surface area (Å²) in [6.07, 6.45) is 3.60. The molecule has 1 nitrogen and oxygen atoms in total. The molecule has 0 aliphatic rings. The molecule has 0 saturated carbocycles. The molecule has 2 aromatic rings. The predicted octanol–water partition coefficient (Wildman–Crippen LogP) is -0.579. The monoisotopic (exact) mass is 167 g/mol. The fourth-order valence-corrected chi connectivity index (χ4v) is 1.10. The number of hydrogen-bond acceptors (Lipinski definition) is 0. The first-order valence-electron chi connectivity index (χ1n) is 3.67. The standard InChI is InChI=1S/C10H7FN.Li/c11-9-5-1-2-6-10(9)12-7-3-4-8-12;/h1-4,6-8H;/q-1;+1. The van der Waals surface area contributed by atoms with E-state index in [1.807, 2.05) is 12.1 Å². The second-order valence-electron chi connectivity index (χ2n) is 2.46. The molecule has 1 aromatic carbocycles. The minimum atomic E-state index is -0.325. The number of aromatic nitrogens is 1. The van der Waals surface area contributed by atoms with Crippen LogP contribution in [0.3, 0.4) is 0 Å². The second kappa shape index (κ2) is 4.32. The van der Waals surface area contributed by atoms with E-state index in [1.165, 1.54) is 0 Å². The molecule has 0 atom stereocenters. The van der Waals surface area contributed by atoms with Crippen molar-refractivity contribution >= 4 is 0 Å². The molecule has 0 amide bonds. The van der Waals surface area contributed by atoms with E-state index in [-0.39, 0.29) is 24.7 Å². The molecule has 0 N–H and O–H groups in total. The maximum absolute atomic E-state index is 13.1. The number of rotatable bonds is 1. The molecular formula is C10H7FLiN. The van der Waals surface area contributed by atoms with Crippen LogP contribution in [0.1, 0.15) is 0 Å². The van der Waals surface area contributed by atoms with Crippen LogP contribution in [0.15, 0.2) is 42.7 Å².